The number of carbonyl (C=O) groups excluding carboxylic acids is 3. The van der Waals surface area contributed by atoms with Gasteiger partial charge in [-0.15, -0.1) is 11.3 Å². The molecular weight excluding hydrogens is 450 g/mol. The molecule has 1 atom stereocenters. The fourth-order valence-corrected chi connectivity index (χ4v) is 4.77. The average molecular weight is 472 g/mol. The first kappa shape index (κ1) is 21.6. The number of hydrogen-bond acceptors (Lipinski definition) is 5. The summed E-state index contributed by atoms with van der Waals surface area (Å²) in [5.74, 6) is -1.14. The molecule has 1 aliphatic heterocycles. The van der Waals surface area contributed by atoms with Crippen LogP contribution in [0.2, 0.25) is 0 Å². The monoisotopic (exact) mass is 471 g/mol. The summed E-state index contributed by atoms with van der Waals surface area (Å²) < 4.78 is 1.61. The maximum absolute atomic E-state index is 13.4. The smallest absolute Gasteiger partial charge is 0.318 e. The van der Waals surface area contributed by atoms with Crippen molar-refractivity contribution in [1.29, 1.82) is 0 Å². The summed E-state index contributed by atoms with van der Waals surface area (Å²) >= 11 is 1.44. The zero-order chi connectivity index (χ0) is 23.7. The Morgan fingerprint density at radius 1 is 1.03 bits per heavy atom. The van der Waals surface area contributed by atoms with Crippen molar-refractivity contribution in [2.45, 2.75) is 18.9 Å². The molecule has 9 heteroatoms. The lowest BCUT2D eigenvalue weighted by Crippen LogP contribution is -2.48. The second kappa shape index (κ2) is 8.60. The van der Waals surface area contributed by atoms with Crippen LogP contribution in [-0.2, 0) is 10.3 Å². The van der Waals surface area contributed by atoms with Crippen LogP contribution in [0.5, 0.6) is 0 Å². The minimum absolute atomic E-state index is 0.251. The summed E-state index contributed by atoms with van der Waals surface area (Å²) in [7, 11) is 0. The molecule has 0 unspecified atom stereocenters. The Morgan fingerprint density at radius 2 is 1.74 bits per heavy atom. The van der Waals surface area contributed by atoms with Crippen LogP contribution in [-0.4, -0.2) is 32.6 Å². The summed E-state index contributed by atoms with van der Waals surface area (Å²) in [5.41, 5.74) is 3.42. The van der Waals surface area contributed by atoms with Gasteiger partial charge in [-0.05, 0) is 35.6 Å². The maximum atomic E-state index is 13.4. The molecule has 2 aromatic heterocycles. The molecule has 0 saturated carbocycles. The second-order valence-electron chi connectivity index (χ2n) is 7.79. The molecule has 2 aromatic carbocycles. The molecule has 4 aromatic rings. The van der Waals surface area contributed by atoms with Crippen LogP contribution < -0.4 is 10.7 Å². The SMILES string of the molecule is CC[C@]1(c2ccccc2)NC(=O)N(NC(=O)c2cn(-c3ccccc3)nc2-c2cccs2)C1=O. The van der Waals surface area contributed by atoms with Gasteiger partial charge in [0.2, 0.25) is 0 Å². The van der Waals surface area contributed by atoms with E-state index in [1.165, 1.54) is 11.3 Å². The van der Waals surface area contributed by atoms with E-state index in [0.29, 0.717) is 17.7 Å². The van der Waals surface area contributed by atoms with Crippen molar-refractivity contribution >= 4 is 29.2 Å². The largest absolute Gasteiger partial charge is 0.344 e. The molecule has 1 fully saturated rings. The third-order valence-electron chi connectivity index (χ3n) is 5.84. The predicted octanol–water partition coefficient (Wildman–Crippen LogP) is 4.10. The summed E-state index contributed by atoms with van der Waals surface area (Å²) in [6.45, 7) is 1.81. The number of hydrazine groups is 1. The predicted molar refractivity (Wildman–Crippen MR) is 128 cm³/mol. The Bertz CT molecular complexity index is 1350. The minimum Gasteiger partial charge on any atom is -0.318 e. The fourth-order valence-electron chi connectivity index (χ4n) is 4.05. The number of aromatic nitrogens is 2. The highest BCUT2D eigenvalue weighted by Gasteiger charge is 2.52. The standard InChI is InChI=1S/C25H21N5O3S/c1-2-25(17-10-5-3-6-11-17)23(32)30(24(33)26-25)28-22(31)19-16-29(18-12-7-4-8-13-18)27-21(19)20-14-9-15-34-20/h3-16H,2H2,1H3,(H,26,33)(H,28,31)/t25-/m1/s1. The molecule has 5 rings (SSSR count). The van der Waals surface area contributed by atoms with Crippen molar-refractivity contribution in [2.75, 3.05) is 0 Å². The highest BCUT2D eigenvalue weighted by Crippen LogP contribution is 2.32. The van der Waals surface area contributed by atoms with Crippen LogP contribution >= 0.6 is 11.3 Å². The second-order valence-corrected chi connectivity index (χ2v) is 8.73. The van der Waals surface area contributed by atoms with Gasteiger partial charge < -0.3 is 5.32 Å². The zero-order valence-electron chi connectivity index (χ0n) is 18.3. The van der Waals surface area contributed by atoms with Crippen molar-refractivity contribution in [3.05, 3.63) is 95.5 Å². The number of nitrogens with zero attached hydrogens (tertiary/aromatic N) is 3. The van der Waals surface area contributed by atoms with Gasteiger partial charge in [-0.2, -0.15) is 10.1 Å². The molecule has 0 radical (unpaired) electrons. The number of imide groups is 1. The first-order valence-electron chi connectivity index (χ1n) is 10.8. The maximum Gasteiger partial charge on any atom is 0.344 e. The van der Waals surface area contributed by atoms with E-state index in [2.05, 4.69) is 15.8 Å². The van der Waals surface area contributed by atoms with Crippen LogP contribution in [0.25, 0.3) is 16.3 Å². The number of thiophene rings is 1. The fraction of sp³-hybridized carbons (Fsp3) is 0.120. The van der Waals surface area contributed by atoms with E-state index >= 15 is 0 Å². The van der Waals surface area contributed by atoms with Gasteiger partial charge >= 0.3 is 6.03 Å². The number of carbonyl (C=O) groups is 3. The molecule has 3 heterocycles. The molecule has 34 heavy (non-hydrogen) atoms. The summed E-state index contributed by atoms with van der Waals surface area (Å²) in [6, 6.07) is 21.5. The lowest BCUT2D eigenvalue weighted by molar-refractivity contribution is -0.133. The van der Waals surface area contributed by atoms with Crippen molar-refractivity contribution in [3.8, 4) is 16.3 Å². The normalized spacial score (nSPS) is 17.6. The van der Waals surface area contributed by atoms with Gasteiger partial charge in [-0.25, -0.2) is 9.48 Å². The Labute approximate surface area is 199 Å². The number of urea groups is 1. The van der Waals surface area contributed by atoms with Crippen molar-refractivity contribution in [1.82, 2.24) is 25.5 Å². The Morgan fingerprint density at radius 3 is 2.38 bits per heavy atom. The van der Waals surface area contributed by atoms with Crippen LogP contribution in [0.3, 0.4) is 0 Å². The Balaban J connectivity index is 1.48. The third-order valence-corrected chi connectivity index (χ3v) is 6.71. The van der Waals surface area contributed by atoms with Gasteiger partial charge in [-0.3, -0.25) is 15.0 Å². The van der Waals surface area contributed by atoms with Crippen molar-refractivity contribution in [2.24, 2.45) is 0 Å². The van der Waals surface area contributed by atoms with Crippen LogP contribution in [0.1, 0.15) is 29.3 Å². The molecule has 0 aliphatic carbocycles. The van der Waals surface area contributed by atoms with E-state index < -0.39 is 23.4 Å². The van der Waals surface area contributed by atoms with Gasteiger partial charge in [0.15, 0.2) is 0 Å². The Hall–Kier alpha value is -4.24. The van der Waals surface area contributed by atoms with Gasteiger partial charge in [0.1, 0.15) is 11.2 Å². The molecular formula is C25H21N5O3S. The topological polar surface area (TPSA) is 96.3 Å². The summed E-state index contributed by atoms with van der Waals surface area (Å²) in [5, 5.41) is 10.0. The van der Waals surface area contributed by atoms with Crippen molar-refractivity contribution < 1.29 is 14.4 Å². The Kier molecular flexibility index (Phi) is 5.46. The lowest BCUT2D eigenvalue weighted by Gasteiger charge is -2.25. The van der Waals surface area contributed by atoms with E-state index in [9.17, 15) is 14.4 Å². The highest BCUT2D eigenvalue weighted by atomic mass is 32.1. The molecule has 2 N–H and O–H groups in total. The number of nitrogens with one attached hydrogen (secondary N) is 2. The molecule has 4 amide bonds. The van der Waals surface area contributed by atoms with Gasteiger partial charge in [0.25, 0.3) is 11.8 Å². The van der Waals surface area contributed by atoms with E-state index in [1.54, 1.807) is 35.1 Å². The molecule has 0 spiro atoms. The van der Waals surface area contributed by atoms with Crippen molar-refractivity contribution in [3.63, 3.8) is 0 Å². The molecule has 0 bridgehead atoms. The first-order valence-corrected chi connectivity index (χ1v) is 11.6. The third kappa shape index (κ3) is 3.56. The van der Waals surface area contributed by atoms with Gasteiger partial charge in [0, 0.05) is 6.20 Å². The molecule has 1 aliphatic rings. The molecule has 8 nitrogen and oxygen atoms in total. The quantitative estimate of drug-likeness (QED) is 0.414. The summed E-state index contributed by atoms with van der Waals surface area (Å²) in [4.78, 5) is 40.3. The lowest BCUT2D eigenvalue weighted by atomic mass is 9.87. The molecule has 1 saturated heterocycles. The number of benzene rings is 2. The van der Waals surface area contributed by atoms with Crippen LogP contribution in [0.15, 0.2) is 84.4 Å². The minimum atomic E-state index is -1.24. The number of para-hydroxylation sites is 1. The van der Waals surface area contributed by atoms with Crippen LogP contribution in [0, 0.1) is 0 Å². The highest BCUT2D eigenvalue weighted by molar-refractivity contribution is 7.13. The molecule has 170 valence electrons. The zero-order valence-corrected chi connectivity index (χ0v) is 19.1. The van der Waals surface area contributed by atoms with Crippen LogP contribution in [0.4, 0.5) is 4.79 Å². The van der Waals surface area contributed by atoms with E-state index in [4.69, 9.17) is 0 Å². The summed E-state index contributed by atoms with van der Waals surface area (Å²) in [6.07, 6.45) is 1.93. The number of amides is 4. The number of hydrogen-bond donors (Lipinski definition) is 2. The average Bonchev–Trinajstić information content (AvgIpc) is 3.61. The van der Waals surface area contributed by atoms with Gasteiger partial charge in [-0.1, -0.05) is 61.5 Å². The number of rotatable bonds is 6. The van der Waals surface area contributed by atoms with Gasteiger partial charge in [0.05, 0.1) is 16.1 Å². The van der Waals surface area contributed by atoms with E-state index in [0.717, 1.165) is 15.6 Å². The first-order chi connectivity index (χ1) is 16.5. The van der Waals surface area contributed by atoms with E-state index in [-0.39, 0.29) is 5.56 Å². The van der Waals surface area contributed by atoms with E-state index in [1.807, 2.05) is 60.8 Å².